The molecule has 0 heterocycles. The second-order valence-electron chi connectivity index (χ2n) is 5.36. The van der Waals surface area contributed by atoms with E-state index in [9.17, 15) is 5.11 Å². The summed E-state index contributed by atoms with van der Waals surface area (Å²) in [6, 6.07) is 5.79. The number of halogens is 1. The predicted molar refractivity (Wildman–Crippen MR) is 69.8 cm³/mol. The molecule has 0 aromatic heterocycles. The molecule has 0 aliphatic heterocycles. The number of hydrogen-bond acceptors (Lipinski definition) is 2. The summed E-state index contributed by atoms with van der Waals surface area (Å²) in [7, 11) is 0. The van der Waals surface area contributed by atoms with Crippen LogP contribution in [-0.4, -0.2) is 17.8 Å². The summed E-state index contributed by atoms with van der Waals surface area (Å²) in [5.74, 6) is 0.758. The monoisotopic (exact) mass is 254 g/mol. The van der Waals surface area contributed by atoms with E-state index in [4.69, 9.17) is 16.3 Å². The first kappa shape index (κ1) is 12.7. The Morgan fingerprint density at radius 3 is 2.59 bits per heavy atom. The SMILES string of the molecule is CC(C)(CO)c1ccc(OC2CCC2)c(Cl)c1. The molecule has 0 unspecified atom stereocenters. The van der Waals surface area contributed by atoms with Gasteiger partial charge >= 0.3 is 0 Å². The van der Waals surface area contributed by atoms with Crippen molar-refractivity contribution in [2.75, 3.05) is 6.61 Å². The molecule has 1 fully saturated rings. The number of hydrogen-bond donors (Lipinski definition) is 1. The Morgan fingerprint density at radius 2 is 2.12 bits per heavy atom. The van der Waals surface area contributed by atoms with E-state index in [0.717, 1.165) is 24.2 Å². The highest BCUT2D eigenvalue weighted by Crippen LogP contribution is 2.34. The van der Waals surface area contributed by atoms with E-state index in [2.05, 4.69) is 0 Å². The Labute approximate surface area is 108 Å². The fraction of sp³-hybridized carbons (Fsp3) is 0.571. The molecule has 1 saturated carbocycles. The summed E-state index contributed by atoms with van der Waals surface area (Å²) in [4.78, 5) is 0. The van der Waals surface area contributed by atoms with Crippen LogP contribution in [0.4, 0.5) is 0 Å². The standard InChI is InChI=1S/C14H19ClO2/c1-14(2,9-16)10-6-7-13(12(15)8-10)17-11-4-3-5-11/h6-8,11,16H,3-5,9H2,1-2H3. The van der Waals surface area contributed by atoms with Crippen molar-refractivity contribution < 1.29 is 9.84 Å². The molecule has 0 saturated heterocycles. The van der Waals surface area contributed by atoms with E-state index in [1.54, 1.807) is 0 Å². The van der Waals surface area contributed by atoms with Gasteiger partial charge in [-0.1, -0.05) is 31.5 Å². The van der Waals surface area contributed by atoms with Crippen LogP contribution in [0.2, 0.25) is 5.02 Å². The van der Waals surface area contributed by atoms with E-state index >= 15 is 0 Å². The normalized spacial score (nSPS) is 16.7. The van der Waals surface area contributed by atoms with Crippen molar-refractivity contribution in [3.8, 4) is 5.75 Å². The summed E-state index contributed by atoms with van der Waals surface area (Å²) in [5, 5.41) is 9.96. The third-order valence-electron chi connectivity index (χ3n) is 3.45. The second kappa shape index (κ2) is 4.87. The molecule has 1 N–H and O–H groups in total. The van der Waals surface area contributed by atoms with Crippen LogP contribution in [0.5, 0.6) is 5.75 Å². The van der Waals surface area contributed by atoms with Gasteiger partial charge in [-0.3, -0.25) is 0 Å². The highest BCUT2D eigenvalue weighted by atomic mass is 35.5. The van der Waals surface area contributed by atoms with E-state index in [1.807, 2.05) is 32.0 Å². The van der Waals surface area contributed by atoms with Crippen LogP contribution in [0.3, 0.4) is 0 Å². The first-order valence-electron chi connectivity index (χ1n) is 6.10. The van der Waals surface area contributed by atoms with Crippen LogP contribution >= 0.6 is 11.6 Å². The predicted octanol–water partition coefficient (Wildman–Crippen LogP) is 3.54. The molecule has 1 aliphatic carbocycles. The summed E-state index contributed by atoms with van der Waals surface area (Å²) in [5.41, 5.74) is 0.768. The molecular formula is C14H19ClO2. The largest absolute Gasteiger partial charge is 0.489 e. The average molecular weight is 255 g/mol. The maximum absolute atomic E-state index is 9.33. The molecule has 0 spiro atoms. The summed E-state index contributed by atoms with van der Waals surface area (Å²) < 4.78 is 5.79. The van der Waals surface area contributed by atoms with E-state index in [1.165, 1.54) is 6.42 Å². The summed E-state index contributed by atoms with van der Waals surface area (Å²) in [6.45, 7) is 4.09. The second-order valence-corrected chi connectivity index (χ2v) is 5.77. The van der Waals surface area contributed by atoms with Gasteiger partial charge < -0.3 is 9.84 Å². The zero-order valence-corrected chi connectivity index (χ0v) is 11.1. The summed E-state index contributed by atoms with van der Waals surface area (Å²) >= 11 is 6.21. The molecule has 0 bridgehead atoms. The fourth-order valence-corrected chi connectivity index (χ4v) is 2.00. The van der Waals surface area contributed by atoms with Gasteiger partial charge in [-0.05, 0) is 37.0 Å². The van der Waals surface area contributed by atoms with Crippen molar-refractivity contribution in [2.45, 2.75) is 44.6 Å². The molecule has 3 heteroatoms. The van der Waals surface area contributed by atoms with Gasteiger partial charge in [-0.15, -0.1) is 0 Å². The maximum atomic E-state index is 9.33. The van der Waals surface area contributed by atoms with Crippen molar-refractivity contribution in [3.63, 3.8) is 0 Å². The van der Waals surface area contributed by atoms with Crippen molar-refractivity contribution in [1.82, 2.24) is 0 Å². The molecule has 0 atom stereocenters. The van der Waals surface area contributed by atoms with Crippen LogP contribution in [0.25, 0.3) is 0 Å². The molecule has 1 aromatic carbocycles. The molecule has 1 aliphatic rings. The molecule has 94 valence electrons. The molecule has 0 radical (unpaired) electrons. The van der Waals surface area contributed by atoms with Gasteiger partial charge in [-0.2, -0.15) is 0 Å². The van der Waals surface area contributed by atoms with Gasteiger partial charge in [0.05, 0.1) is 17.7 Å². The van der Waals surface area contributed by atoms with Gasteiger partial charge in [0.1, 0.15) is 5.75 Å². The number of rotatable bonds is 4. The van der Waals surface area contributed by atoms with Crippen LogP contribution in [0.1, 0.15) is 38.7 Å². The van der Waals surface area contributed by atoms with Crippen LogP contribution in [0, 0.1) is 0 Å². The third-order valence-corrected chi connectivity index (χ3v) is 3.75. The Bertz CT molecular complexity index is 397. The van der Waals surface area contributed by atoms with Crippen molar-refractivity contribution in [3.05, 3.63) is 28.8 Å². The zero-order chi connectivity index (χ0) is 12.5. The topological polar surface area (TPSA) is 29.5 Å². The molecular weight excluding hydrogens is 236 g/mol. The minimum Gasteiger partial charge on any atom is -0.489 e. The molecule has 0 amide bonds. The van der Waals surface area contributed by atoms with E-state index < -0.39 is 0 Å². The highest BCUT2D eigenvalue weighted by molar-refractivity contribution is 6.32. The van der Waals surface area contributed by atoms with Crippen LogP contribution in [-0.2, 0) is 5.41 Å². The van der Waals surface area contributed by atoms with Gasteiger partial charge in [0.25, 0.3) is 0 Å². The van der Waals surface area contributed by atoms with Gasteiger partial charge in [0, 0.05) is 5.41 Å². The van der Waals surface area contributed by atoms with Crippen molar-refractivity contribution >= 4 is 11.6 Å². The van der Waals surface area contributed by atoms with Crippen LogP contribution < -0.4 is 4.74 Å². The van der Waals surface area contributed by atoms with Crippen molar-refractivity contribution in [1.29, 1.82) is 0 Å². The number of ether oxygens (including phenoxy) is 1. The van der Waals surface area contributed by atoms with Gasteiger partial charge in [-0.25, -0.2) is 0 Å². The zero-order valence-electron chi connectivity index (χ0n) is 10.4. The molecule has 1 aromatic rings. The minimum absolute atomic E-state index is 0.103. The lowest BCUT2D eigenvalue weighted by Gasteiger charge is -2.28. The van der Waals surface area contributed by atoms with Gasteiger partial charge in [0.2, 0.25) is 0 Å². The van der Waals surface area contributed by atoms with E-state index in [-0.39, 0.29) is 12.0 Å². The maximum Gasteiger partial charge on any atom is 0.138 e. The average Bonchev–Trinajstić information content (AvgIpc) is 2.25. The number of aliphatic hydroxyl groups excluding tert-OH is 1. The Kier molecular flexibility index (Phi) is 3.64. The minimum atomic E-state index is -0.265. The first-order valence-corrected chi connectivity index (χ1v) is 6.48. The molecule has 2 nitrogen and oxygen atoms in total. The lowest BCUT2D eigenvalue weighted by atomic mass is 9.85. The Morgan fingerprint density at radius 1 is 1.41 bits per heavy atom. The molecule has 17 heavy (non-hydrogen) atoms. The Hall–Kier alpha value is -0.730. The summed E-state index contributed by atoms with van der Waals surface area (Å²) in [6.07, 6.45) is 3.84. The van der Waals surface area contributed by atoms with Crippen molar-refractivity contribution in [2.24, 2.45) is 0 Å². The highest BCUT2D eigenvalue weighted by Gasteiger charge is 2.23. The van der Waals surface area contributed by atoms with Crippen LogP contribution in [0.15, 0.2) is 18.2 Å². The van der Waals surface area contributed by atoms with Gasteiger partial charge in [0.15, 0.2) is 0 Å². The smallest absolute Gasteiger partial charge is 0.138 e. The number of benzene rings is 1. The fourth-order valence-electron chi connectivity index (χ4n) is 1.78. The quantitative estimate of drug-likeness (QED) is 0.891. The first-order chi connectivity index (χ1) is 8.03. The van der Waals surface area contributed by atoms with E-state index in [0.29, 0.717) is 11.1 Å². The lowest BCUT2D eigenvalue weighted by Crippen LogP contribution is -2.25. The Balaban J connectivity index is 2.16. The molecule has 2 rings (SSSR count). The third kappa shape index (κ3) is 2.75. The lowest BCUT2D eigenvalue weighted by molar-refractivity contribution is 0.120. The number of aliphatic hydroxyl groups is 1.